The molecule has 3 rings (SSSR count). The van der Waals surface area contributed by atoms with Crippen molar-refractivity contribution in [1.29, 1.82) is 0 Å². The average Bonchev–Trinajstić information content (AvgIpc) is 2.96. The summed E-state index contributed by atoms with van der Waals surface area (Å²) in [5, 5.41) is 7.47. The maximum Gasteiger partial charge on any atom is 0.248 e. The van der Waals surface area contributed by atoms with Gasteiger partial charge < -0.3 is 14.6 Å². The Morgan fingerprint density at radius 3 is 3.20 bits per heavy atom. The molecular weight excluding hydrogens is 254 g/mol. The highest BCUT2D eigenvalue weighted by Crippen LogP contribution is 2.27. The van der Waals surface area contributed by atoms with Gasteiger partial charge in [0, 0.05) is 19.6 Å². The van der Waals surface area contributed by atoms with Crippen LogP contribution in [0.2, 0.25) is 0 Å². The molecule has 1 aliphatic rings. The van der Waals surface area contributed by atoms with Crippen LogP contribution < -0.4 is 5.32 Å². The van der Waals surface area contributed by atoms with Crippen molar-refractivity contribution >= 4 is 0 Å². The van der Waals surface area contributed by atoms with E-state index in [4.69, 9.17) is 9.26 Å². The molecule has 106 valence electrons. The van der Waals surface area contributed by atoms with Gasteiger partial charge in [0.05, 0.1) is 6.61 Å². The molecule has 1 aliphatic heterocycles. The van der Waals surface area contributed by atoms with E-state index in [1.807, 2.05) is 13.0 Å². The summed E-state index contributed by atoms with van der Waals surface area (Å²) in [4.78, 5) is 4.48. The van der Waals surface area contributed by atoms with Gasteiger partial charge in [-0.05, 0) is 24.5 Å². The highest BCUT2D eigenvalue weighted by molar-refractivity contribution is 5.35. The summed E-state index contributed by atoms with van der Waals surface area (Å²) >= 11 is 0. The van der Waals surface area contributed by atoms with Crippen LogP contribution in [0.3, 0.4) is 0 Å². The highest BCUT2D eigenvalue weighted by atomic mass is 16.5. The fraction of sp³-hybridized carbons (Fsp3) is 0.467. The van der Waals surface area contributed by atoms with Crippen molar-refractivity contribution in [1.82, 2.24) is 15.5 Å². The minimum Gasteiger partial charge on any atom is -0.381 e. The van der Waals surface area contributed by atoms with Gasteiger partial charge in [0.1, 0.15) is 6.04 Å². The molecule has 1 aromatic heterocycles. The van der Waals surface area contributed by atoms with E-state index in [-0.39, 0.29) is 6.04 Å². The predicted octanol–water partition coefficient (Wildman–Crippen LogP) is 1.88. The second-order valence-corrected chi connectivity index (χ2v) is 4.83. The summed E-state index contributed by atoms with van der Waals surface area (Å²) in [6, 6.07) is 8.41. The lowest BCUT2D eigenvalue weighted by Crippen LogP contribution is -2.30. The molecule has 20 heavy (non-hydrogen) atoms. The molecule has 0 amide bonds. The Morgan fingerprint density at radius 2 is 2.30 bits per heavy atom. The van der Waals surface area contributed by atoms with Gasteiger partial charge in [-0.15, -0.1) is 0 Å². The summed E-state index contributed by atoms with van der Waals surface area (Å²) in [5.74, 6) is 1.35. The van der Waals surface area contributed by atoms with Crippen LogP contribution in [-0.4, -0.2) is 29.9 Å². The molecule has 1 atom stereocenters. The number of hydrogen-bond donors (Lipinski definition) is 1. The van der Waals surface area contributed by atoms with Crippen LogP contribution in [0.15, 0.2) is 28.8 Å². The first-order valence-corrected chi connectivity index (χ1v) is 7.10. The summed E-state index contributed by atoms with van der Waals surface area (Å²) in [6.07, 6.45) is 1.73. The number of ether oxygens (including phenoxy) is 1. The minimum atomic E-state index is 0.00768. The molecule has 1 N–H and O–H groups in total. The fourth-order valence-electron chi connectivity index (χ4n) is 2.52. The third-order valence-corrected chi connectivity index (χ3v) is 3.51. The third kappa shape index (κ3) is 2.73. The Kier molecular flexibility index (Phi) is 4.08. The molecule has 0 radical (unpaired) electrons. The molecule has 0 saturated carbocycles. The zero-order valence-electron chi connectivity index (χ0n) is 11.6. The lowest BCUT2D eigenvalue weighted by molar-refractivity contribution is 0.149. The van der Waals surface area contributed by atoms with E-state index >= 15 is 0 Å². The van der Waals surface area contributed by atoms with Gasteiger partial charge >= 0.3 is 0 Å². The molecule has 0 bridgehead atoms. The number of nitrogens with zero attached hydrogens (tertiary/aromatic N) is 2. The largest absolute Gasteiger partial charge is 0.381 e. The van der Waals surface area contributed by atoms with Crippen LogP contribution in [0.1, 0.15) is 35.8 Å². The Balaban J connectivity index is 1.77. The first-order chi connectivity index (χ1) is 9.88. The first kappa shape index (κ1) is 13.3. The van der Waals surface area contributed by atoms with E-state index in [1.165, 1.54) is 11.1 Å². The molecule has 0 spiro atoms. The van der Waals surface area contributed by atoms with Crippen molar-refractivity contribution < 1.29 is 9.26 Å². The maximum atomic E-state index is 5.41. The van der Waals surface area contributed by atoms with Gasteiger partial charge in [-0.2, -0.15) is 4.98 Å². The van der Waals surface area contributed by atoms with Crippen molar-refractivity contribution in [2.75, 3.05) is 19.8 Å². The predicted molar refractivity (Wildman–Crippen MR) is 74.5 cm³/mol. The molecule has 5 nitrogen and oxygen atoms in total. The molecule has 2 heterocycles. The van der Waals surface area contributed by atoms with Gasteiger partial charge in [0.15, 0.2) is 5.82 Å². The lowest BCUT2D eigenvalue weighted by Gasteiger charge is -2.23. The number of benzene rings is 1. The van der Waals surface area contributed by atoms with E-state index in [0.29, 0.717) is 31.3 Å². The molecule has 5 heteroatoms. The molecule has 2 aromatic rings. The number of fused-ring (bicyclic) bond motifs is 1. The summed E-state index contributed by atoms with van der Waals surface area (Å²) in [6.45, 7) is 4.25. The molecule has 0 aliphatic carbocycles. The van der Waals surface area contributed by atoms with Crippen LogP contribution in [0.25, 0.3) is 0 Å². The highest BCUT2D eigenvalue weighted by Gasteiger charge is 2.25. The fourth-order valence-corrected chi connectivity index (χ4v) is 2.52. The molecule has 1 aromatic carbocycles. The summed E-state index contributed by atoms with van der Waals surface area (Å²) in [5.41, 5.74) is 2.59. The van der Waals surface area contributed by atoms with Gasteiger partial charge in [-0.1, -0.05) is 29.4 Å². The maximum absolute atomic E-state index is 5.41. The Hall–Kier alpha value is -1.72. The van der Waals surface area contributed by atoms with Gasteiger partial charge in [0.25, 0.3) is 0 Å². The number of aromatic nitrogens is 2. The van der Waals surface area contributed by atoms with E-state index in [2.05, 4.69) is 33.7 Å². The van der Waals surface area contributed by atoms with Crippen molar-refractivity contribution in [3.8, 4) is 0 Å². The Morgan fingerprint density at radius 1 is 1.40 bits per heavy atom. The Labute approximate surface area is 118 Å². The molecular formula is C15H19N3O2. The van der Waals surface area contributed by atoms with Crippen molar-refractivity contribution in [2.24, 2.45) is 0 Å². The average molecular weight is 273 g/mol. The first-order valence-electron chi connectivity index (χ1n) is 7.10. The quantitative estimate of drug-likeness (QED) is 0.843. The van der Waals surface area contributed by atoms with E-state index in [0.717, 1.165) is 13.0 Å². The molecule has 0 fully saturated rings. The van der Waals surface area contributed by atoms with Crippen LogP contribution >= 0.6 is 0 Å². The topological polar surface area (TPSA) is 60.2 Å². The SMILES string of the molecule is CCOCCc1noc(C2NCCc3ccccc32)n1. The van der Waals surface area contributed by atoms with Crippen LogP contribution in [-0.2, 0) is 17.6 Å². The van der Waals surface area contributed by atoms with Crippen molar-refractivity contribution in [2.45, 2.75) is 25.8 Å². The van der Waals surface area contributed by atoms with Gasteiger partial charge in [-0.3, -0.25) is 0 Å². The zero-order valence-corrected chi connectivity index (χ0v) is 11.6. The van der Waals surface area contributed by atoms with Crippen LogP contribution in [0, 0.1) is 0 Å². The minimum absolute atomic E-state index is 0.00768. The summed E-state index contributed by atoms with van der Waals surface area (Å²) in [7, 11) is 0. The van der Waals surface area contributed by atoms with E-state index < -0.39 is 0 Å². The monoisotopic (exact) mass is 273 g/mol. The number of rotatable bonds is 5. The van der Waals surface area contributed by atoms with Crippen LogP contribution in [0.4, 0.5) is 0 Å². The number of nitrogens with one attached hydrogen (secondary N) is 1. The standard InChI is InChI=1S/C15H19N3O2/c1-2-19-10-8-13-17-15(20-18-13)14-12-6-4-3-5-11(12)7-9-16-14/h3-6,14,16H,2,7-10H2,1H3. The second kappa shape index (κ2) is 6.15. The number of hydrogen-bond acceptors (Lipinski definition) is 5. The van der Waals surface area contributed by atoms with E-state index in [9.17, 15) is 0 Å². The zero-order chi connectivity index (χ0) is 13.8. The lowest BCUT2D eigenvalue weighted by atomic mass is 9.94. The summed E-state index contributed by atoms with van der Waals surface area (Å²) < 4.78 is 10.7. The van der Waals surface area contributed by atoms with E-state index in [1.54, 1.807) is 0 Å². The van der Waals surface area contributed by atoms with Crippen molar-refractivity contribution in [3.05, 3.63) is 47.1 Å². The molecule has 1 unspecified atom stereocenters. The second-order valence-electron chi connectivity index (χ2n) is 4.83. The van der Waals surface area contributed by atoms with Gasteiger partial charge in [0.2, 0.25) is 5.89 Å². The van der Waals surface area contributed by atoms with Crippen molar-refractivity contribution in [3.63, 3.8) is 0 Å². The normalized spacial score (nSPS) is 17.9. The Bertz CT molecular complexity index is 568. The molecule has 0 saturated heterocycles. The van der Waals surface area contributed by atoms with Gasteiger partial charge in [-0.25, -0.2) is 0 Å². The third-order valence-electron chi connectivity index (χ3n) is 3.51. The van der Waals surface area contributed by atoms with Crippen LogP contribution in [0.5, 0.6) is 0 Å². The smallest absolute Gasteiger partial charge is 0.248 e.